The van der Waals surface area contributed by atoms with Crippen molar-refractivity contribution in [2.75, 3.05) is 11.9 Å². The van der Waals surface area contributed by atoms with E-state index in [0.29, 0.717) is 13.0 Å². The van der Waals surface area contributed by atoms with Crippen molar-refractivity contribution in [1.29, 1.82) is 0 Å². The number of hydrogen-bond acceptors (Lipinski definition) is 9. The second kappa shape index (κ2) is 11.9. The average molecular weight is 523 g/mol. The summed E-state index contributed by atoms with van der Waals surface area (Å²) in [6.07, 6.45) is -0.258. The Hall–Kier alpha value is -3.90. The van der Waals surface area contributed by atoms with E-state index >= 15 is 0 Å². The van der Waals surface area contributed by atoms with Crippen LogP contribution in [0.25, 0.3) is 0 Å². The molecule has 0 saturated heterocycles. The molecule has 0 aliphatic carbocycles. The Bertz CT molecular complexity index is 1180. The molecule has 1 aromatic carbocycles. The van der Waals surface area contributed by atoms with Gasteiger partial charge in [0, 0.05) is 32.1 Å². The average Bonchev–Trinajstić information content (AvgIpc) is 3.22. The number of carbonyl (C=O) groups excluding carboxylic acids is 1. The van der Waals surface area contributed by atoms with Gasteiger partial charge in [0.25, 0.3) is 0 Å². The van der Waals surface area contributed by atoms with E-state index < -0.39 is 24.4 Å². The van der Waals surface area contributed by atoms with Crippen LogP contribution < -0.4 is 10.1 Å². The van der Waals surface area contributed by atoms with Crippen molar-refractivity contribution < 1.29 is 32.5 Å². The molecule has 0 bridgehead atoms. The van der Waals surface area contributed by atoms with Crippen LogP contribution in [0.5, 0.6) is 11.8 Å². The number of aromatic nitrogens is 5. The second-order valence-electron chi connectivity index (χ2n) is 9.26. The lowest BCUT2D eigenvalue weighted by molar-refractivity contribution is -0.155. The molecule has 0 aliphatic rings. The van der Waals surface area contributed by atoms with E-state index in [-0.39, 0.29) is 42.9 Å². The van der Waals surface area contributed by atoms with Crippen molar-refractivity contribution in [1.82, 2.24) is 24.7 Å². The van der Waals surface area contributed by atoms with Gasteiger partial charge in [0.1, 0.15) is 17.2 Å². The summed E-state index contributed by atoms with van der Waals surface area (Å²) in [6, 6.07) is 5.93. The number of nitrogens with one attached hydrogen (secondary N) is 1. The summed E-state index contributed by atoms with van der Waals surface area (Å²) in [5.41, 5.74) is 0.973. The first-order chi connectivity index (χ1) is 17.3. The highest BCUT2D eigenvalue weighted by atomic mass is 19.4. The van der Waals surface area contributed by atoms with Crippen LogP contribution in [-0.4, -0.2) is 54.2 Å². The molecule has 2 aromatic heterocycles. The Morgan fingerprint density at radius 3 is 2.49 bits per heavy atom. The first-order valence-corrected chi connectivity index (χ1v) is 11.5. The van der Waals surface area contributed by atoms with Crippen LogP contribution in [-0.2, 0) is 29.0 Å². The van der Waals surface area contributed by atoms with Crippen molar-refractivity contribution in [2.45, 2.75) is 64.9 Å². The van der Waals surface area contributed by atoms with Gasteiger partial charge in [-0.05, 0) is 50.5 Å². The molecule has 3 aromatic rings. The predicted molar refractivity (Wildman–Crippen MR) is 127 cm³/mol. The fourth-order valence-electron chi connectivity index (χ4n) is 3.14. The standard InChI is InChI=1S/C24H29F3N6O4/c1-23(2,3)37-20(35)5-4-10-33-14-17(13-29-33)11-19-30-21(28-12-16-6-8-18(34)9-7-16)32-22(31-19)36-15-24(25,26)27/h6-9,13-14,34H,4-5,10-12,15H2,1-3H3,(H,28,30,31,32). The third-order valence-electron chi connectivity index (χ3n) is 4.65. The SMILES string of the molecule is CC(C)(C)OC(=O)CCCn1cc(Cc2nc(NCc3ccc(O)cc3)nc(OCC(F)(F)F)n2)cn1. The minimum atomic E-state index is -4.55. The maximum Gasteiger partial charge on any atom is 0.422 e. The van der Waals surface area contributed by atoms with Gasteiger partial charge in [-0.25, -0.2) is 0 Å². The number of hydrogen-bond donors (Lipinski definition) is 2. The first kappa shape index (κ1) is 27.7. The molecule has 0 atom stereocenters. The van der Waals surface area contributed by atoms with E-state index in [4.69, 9.17) is 9.47 Å². The number of anilines is 1. The Kier molecular flexibility index (Phi) is 8.90. The molecule has 37 heavy (non-hydrogen) atoms. The monoisotopic (exact) mass is 522 g/mol. The molecule has 2 heterocycles. The molecule has 0 saturated carbocycles. The lowest BCUT2D eigenvalue weighted by Crippen LogP contribution is -2.23. The molecule has 0 radical (unpaired) electrons. The number of esters is 1. The lowest BCUT2D eigenvalue weighted by Gasteiger charge is -2.19. The number of aromatic hydroxyl groups is 1. The molecule has 0 fully saturated rings. The molecule has 2 N–H and O–H groups in total. The fraction of sp³-hybridized carbons (Fsp3) is 0.458. The van der Waals surface area contributed by atoms with E-state index in [0.717, 1.165) is 11.1 Å². The van der Waals surface area contributed by atoms with Gasteiger partial charge in [0.15, 0.2) is 6.61 Å². The number of benzene rings is 1. The highest BCUT2D eigenvalue weighted by Crippen LogP contribution is 2.18. The summed E-state index contributed by atoms with van der Waals surface area (Å²) in [5.74, 6) is 0.0527. The zero-order valence-electron chi connectivity index (χ0n) is 20.7. The number of rotatable bonds is 11. The van der Waals surface area contributed by atoms with Crippen LogP contribution in [0.15, 0.2) is 36.7 Å². The zero-order valence-corrected chi connectivity index (χ0v) is 20.7. The van der Waals surface area contributed by atoms with Crippen LogP contribution in [0.1, 0.15) is 50.6 Å². The highest BCUT2D eigenvalue weighted by molar-refractivity contribution is 5.69. The molecule has 10 nitrogen and oxygen atoms in total. The number of alkyl halides is 3. The molecule has 0 unspecified atom stereocenters. The smallest absolute Gasteiger partial charge is 0.422 e. The van der Waals surface area contributed by atoms with Crippen molar-refractivity contribution in [3.05, 3.63) is 53.6 Å². The van der Waals surface area contributed by atoms with Gasteiger partial charge in [0.05, 0.1) is 6.20 Å². The molecule has 13 heteroatoms. The van der Waals surface area contributed by atoms with Gasteiger partial charge in [-0.3, -0.25) is 9.48 Å². The van der Waals surface area contributed by atoms with Crippen molar-refractivity contribution >= 4 is 11.9 Å². The summed E-state index contributed by atoms with van der Waals surface area (Å²) in [4.78, 5) is 24.1. The zero-order chi connectivity index (χ0) is 27.1. The normalized spacial score (nSPS) is 11.8. The molecule has 200 valence electrons. The maximum atomic E-state index is 12.7. The Balaban J connectivity index is 1.65. The quantitative estimate of drug-likeness (QED) is 0.359. The largest absolute Gasteiger partial charge is 0.508 e. The Labute approximate surface area is 211 Å². The van der Waals surface area contributed by atoms with Crippen molar-refractivity contribution in [3.8, 4) is 11.8 Å². The second-order valence-corrected chi connectivity index (χ2v) is 9.26. The van der Waals surface area contributed by atoms with Crippen molar-refractivity contribution in [3.63, 3.8) is 0 Å². The van der Waals surface area contributed by atoms with E-state index in [9.17, 15) is 23.1 Å². The number of nitrogens with zero attached hydrogens (tertiary/aromatic N) is 5. The van der Waals surface area contributed by atoms with E-state index in [1.54, 1.807) is 50.0 Å². The maximum absolute atomic E-state index is 12.7. The van der Waals surface area contributed by atoms with E-state index in [1.807, 2.05) is 0 Å². The minimum absolute atomic E-state index is 0.0417. The van der Waals surface area contributed by atoms with Gasteiger partial charge in [-0.2, -0.15) is 33.2 Å². The number of ether oxygens (including phenoxy) is 2. The highest BCUT2D eigenvalue weighted by Gasteiger charge is 2.29. The predicted octanol–water partition coefficient (Wildman–Crippen LogP) is 4.04. The van der Waals surface area contributed by atoms with Gasteiger partial charge >= 0.3 is 18.2 Å². The number of carbonyl (C=O) groups is 1. The lowest BCUT2D eigenvalue weighted by atomic mass is 10.2. The summed E-state index contributed by atoms with van der Waals surface area (Å²) in [7, 11) is 0. The molecule has 3 rings (SSSR count). The molecular weight excluding hydrogens is 493 g/mol. The van der Waals surface area contributed by atoms with Crippen LogP contribution in [0.4, 0.5) is 19.1 Å². The van der Waals surface area contributed by atoms with Crippen LogP contribution >= 0.6 is 0 Å². The number of aryl methyl sites for hydroxylation is 1. The van der Waals surface area contributed by atoms with E-state index in [2.05, 4.69) is 25.4 Å². The summed E-state index contributed by atoms with van der Waals surface area (Å²) >= 11 is 0. The molecule has 0 aliphatic heterocycles. The summed E-state index contributed by atoms with van der Waals surface area (Å²) in [6.45, 7) is 4.62. The number of halogens is 3. The summed E-state index contributed by atoms with van der Waals surface area (Å²) in [5, 5.41) is 16.6. The van der Waals surface area contributed by atoms with Gasteiger partial charge in [-0.15, -0.1) is 0 Å². The third kappa shape index (κ3) is 10.3. The third-order valence-corrected chi connectivity index (χ3v) is 4.65. The minimum Gasteiger partial charge on any atom is -0.508 e. The molecule has 0 spiro atoms. The Morgan fingerprint density at radius 2 is 1.81 bits per heavy atom. The van der Waals surface area contributed by atoms with Gasteiger partial charge in [-0.1, -0.05) is 12.1 Å². The summed E-state index contributed by atoms with van der Waals surface area (Å²) < 4.78 is 49.7. The van der Waals surface area contributed by atoms with Crippen LogP contribution in [0, 0.1) is 0 Å². The first-order valence-electron chi connectivity index (χ1n) is 11.5. The number of phenolic OH excluding ortho intramolecular Hbond substituents is 1. The van der Waals surface area contributed by atoms with Crippen molar-refractivity contribution in [2.24, 2.45) is 0 Å². The Morgan fingerprint density at radius 1 is 1.08 bits per heavy atom. The van der Waals surface area contributed by atoms with Gasteiger partial charge < -0.3 is 19.9 Å². The van der Waals surface area contributed by atoms with Crippen LogP contribution in [0.3, 0.4) is 0 Å². The molecule has 0 amide bonds. The molecular formula is C24H29F3N6O4. The van der Waals surface area contributed by atoms with Gasteiger partial charge in [0.2, 0.25) is 5.95 Å². The topological polar surface area (TPSA) is 124 Å². The number of phenols is 1. The fourth-order valence-corrected chi connectivity index (χ4v) is 3.14. The van der Waals surface area contributed by atoms with Crippen LogP contribution in [0.2, 0.25) is 0 Å². The van der Waals surface area contributed by atoms with E-state index in [1.165, 1.54) is 12.1 Å².